The van der Waals surface area contributed by atoms with Crippen molar-refractivity contribution in [1.82, 2.24) is 10.2 Å². The molecule has 1 aliphatic heterocycles. The molecule has 0 unspecified atom stereocenters. The Kier molecular flexibility index (Phi) is 5.34. The highest BCUT2D eigenvalue weighted by Crippen LogP contribution is 2.25. The molecule has 0 bridgehead atoms. The number of piperazine rings is 1. The zero-order valence-corrected chi connectivity index (χ0v) is 15.0. The van der Waals surface area contributed by atoms with Gasteiger partial charge in [0.05, 0.1) is 0 Å². The van der Waals surface area contributed by atoms with E-state index in [0.29, 0.717) is 19.6 Å². The van der Waals surface area contributed by atoms with Crippen LogP contribution >= 0.6 is 11.6 Å². The van der Waals surface area contributed by atoms with E-state index in [1.165, 1.54) is 5.56 Å². The van der Waals surface area contributed by atoms with Crippen LogP contribution in [0.4, 0.5) is 10.5 Å². The second-order valence-electron chi connectivity index (χ2n) is 6.23. The molecule has 2 aromatic rings. The third-order valence-corrected chi connectivity index (χ3v) is 4.69. The highest BCUT2D eigenvalue weighted by Gasteiger charge is 2.22. The van der Waals surface area contributed by atoms with E-state index in [4.69, 9.17) is 11.6 Å². The highest BCUT2D eigenvalue weighted by atomic mass is 35.5. The molecule has 0 atom stereocenters. The summed E-state index contributed by atoms with van der Waals surface area (Å²) in [5.41, 5.74) is 3.28. The largest absolute Gasteiger partial charge is 0.508 e. The van der Waals surface area contributed by atoms with Crippen LogP contribution in [0.15, 0.2) is 42.5 Å². The molecule has 25 heavy (non-hydrogen) atoms. The van der Waals surface area contributed by atoms with Crippen LogP contribution in [0.25, 0.3) is 0 Å². The summed E-state index contributed by atoms with van der Waals surface area (Å²) >= 11 is 6.11. The predicted octanol–water partition coefficient (Wildman–Crippen LogP) is 3.39. The maximum absolute atomic E-state index is 12.3. The lowest BCUT2D eigenvalue weighted by Crippen LogP contribution is -2.51. The first-order valence-electron chi connectivity index (χ1n) is 8.35. The van der Waals surface area contributed by atoms with Gasteiger partial charge in [0, 0.05) is 43.4 Å². The van der Waals surface area contributed by atoms with Crippen molar-refractivity contribution in [2.75, 3.05) is 31.1 Å². The highest BCUT2D eigenvalue weighted by molar-refractivity contribution is 6.30. The SMILES string of the molecule is Cc1ccc(Cl)cc1N1CCN(C(=O)NCc2ccc(O)cc2)CC1. The maximum Gasteiger partial charge on any atom is 0.317 e. The van der Waals surface area contributed by atoms with E-state index in [2.05, 4.69) is 17.1 Å². The molecule has 0 spiro atoms. The summed E-state index contributed by atoms with van der Waals surface area (Å²) < 4.78 is 0. The Hall–Kier alpha value is -2.40. The number of halogens is 1. The van der Waals surface area contributed by atoms with Gasteiger partial charge >= 0.3 is 6.03 Å². The third-order valence-electron chi connectivity index (χ3n) is 4.46. The van der Waals surface area contributed by atoms with E-state index in [-0.39, 0.29) is 11.8 Å². The number of carbonyl (C=O) groups excluding carboxylic acids is 1. The minimum absolute atomic E-state index is 0.0597. The molecule has 6 heteroatoms. The summed E-state index contributed by atoms with van der Waals surface area (Å²) in [7, 11) is 0. The fourth-order valence-corrected chi connectivity index (χ4v) is 3.14. The van der Waals surface area contributed by atoms with Crippen molar-refractivity contribution >= 4 is 23.3 Å². The molecule has 1 fully saturated rings. The van der Waals surface area contributed by atoms with Crippen LogP contribution in [0.5, 0.6) is 5.75 Å². The second-order valence-corrected chi connectivity index (χ2v) is 6.67. The van der Waals surface area contributed by atoms with Gasteiger partial charge in [0.1, 0.15) is 5.75 Å². The minimum atomic E-state index is -0.0597. The molecule has 0 radical (unpaired) electrons. The van der Waals surface area contributed by atoms with E-state index in [9.17, 15) is 9.90 Å². The third kappa shape index (κ3) is 4.37. The Morgan fingerprint density at radius 2 is 1.80 bits per heavy atom. The number of rotatable bonds is 3. The fourth-order valence-electron chi connectivity index (χ4n) is 2.98. The van der Waals surface area contributed by atoms with Crippen LogP contribution in [0, 0.1) is 6.92 Å². The topological polar surface area (TPSA) is 55.8 Å². The summed E-state index contributed by atoms with van der Waals surface area (Å²) in [5.74, 6) is 0.225. The Morgan fingerprint density at radius 1 is 1.12 bits per heavy atom. The minimum Gasteiger partial charge on any atom is -0.508 e. The van der Waals surface area contributed by atoms with E-state index in [0.717, 1.165) is 29.4 Å². The van der Waals surface area contributed by atoms with Crippen LogP contribution < -0.4 is 10.2 Å². The smallest absolute Gasteiger partial charge is 0.317 e. The van der Waals surface area contributed by atoms with E-state index < -0.39 is 0 Å². The standard InChI is InChI=1S/C19H22ClN3O2/c1-14-2-5-16(20)12-18(14)22-8-10-23(11-9-22)19(25)21-13-15-3-6-17(24)7-4-15/h2-7,12,24H,8-11,13H2,1H3,(H,21,25). The molecule has 3 rings (SSSR count). The van der Waals surface area contributed by atoms with Crippen molar-refractivity contribution < 1.29 is 9.90 Å². The number of anilines is 1. The fraction of sp³-hybridized carbons (Fsp3) is 0.316. The van der Waals surface area contributed by atoms with Gasteiger partial charge in [-0.15, -0.1) is 0 Å². The van der Waals surface area contributed by atoms with Gasteiger partial charge in [-0.25, -0.2) is 4.79 Å². The number of aryl methyl sites for hydroxylation is 1. The zero-order chi connectivity index (χ0) is 17.8. The number of carbonyl (C=O) groups is 1. The lowest BCUT2D eigenvalue weighted by molar-refractivity contribution is 0.194. The van der Waals surface area contributed by atoms with Gasteiger partial charge in [-0.05, 0) is 42.3 Å². The van der Waals surface area contributed by atoms with Crippen LogP contribution in [0.1, 0.15) is 11.1 Å². The van der Waals surface area contributed by atoms with Crippen LogP contribution in [-0.2, 0) is 6.54 Å². The van der Waals surface area contributed by atoms with E-state index in [1.54, 1.807) is 24.3 Å². The van der Waals surface area contributed by atoms with Crippen molar-refractivity contribution in [1.29, 1.82) is 0 Å². The number of urea groups is 1. The average Bonchev–Trinajstić information content (AvgIpc) is 2.63. The lowest BCUT2D eigenvalue weighted by Gasteiger charge is -2.36. The van der Waals surface area contributed by atoms with Crippen LogP contribution in [-0.4, -0.2) is 42.2 Å². The summed E-state index contributed by atoms with van der Waals surface area (Å²) in [6, 6.07) is 12.7. The van der Waals surface area contributed by atoms with Gasteiger partial charge < -0.3 is 20.2 Å². The van der Waals surface area contributed by atoms with Crippen molar-refractivity contribution in [3.8, 4) is 5.75 Å². The molecule has 0 aliphatic carbocycles. The predicted molar refractivity (Wildman–Crippen MR) is 100 cm³/mol. The van der Waals surface area contributed by atoms with E-state index >= 15 is 0 Å². The van der Waals surface area contributed by atoms with Gasteiger partial charge in [-0.2, -0.15) is 0 Å². The van der Waals surface area contributed by atoms with Gasteiger partial charge in [0.25, 0.3) is 0 Å². The molecule has 1 heterocycles. The number of phenolic OH excluding ortho intramolecular Hbond substituents is 1. The van der Waals surface area contributed by atoms with Crippen molar-refractivity contribution in [3.63, 3.8) is 0 Å². The van der Waals surface area contributed by atoms with Gasteiger partial charge in [-0.3, -0.25) is 0 Å². The molecule has 1 saturated heterocycles. The molecule has 2 N–H and O–H groups in total. The monoisotopic (exact) mass is 359 g/mol. The quantitative estimate of drug-likeness (QED) is 0.883. The maximum atomic E-state index is 12.3. The summed E-state index contributed by atoms with van der Waals surface area (Å²) in [4.78, 5) is 16.4. The number of amides is 2. The number of benzene rings is 2. The summed E-state index contributed by atoms with van der Waals surface area (Å²) in [5, 5.41) is 12.9. The second kappa shape index (κ2) is 7.66. The average molecular weight is 360 g/mol. The zero-order valence-electron chi connectivity index (χ0n) is 14.2. The molecule has 1 aliphatic rings. The summed E-state index contributed by atoms with van der Waals surface area (Å²) in [6.07, 6.45) is 0. The molecule has 2 aromatic carbocycles. The number of aromatic hydroxyl groups is 1. The molecular weight excluding hydrogens is 338 g/mol. The first kappa shape index (κ1) is 17.4. The molecule has 0 aromatic heterocycles. The Balaban J connectivity index is 1.52. The molecule has 5 nitrogen and oxygen atoms in total. The first-order valence-corrected chi connectivity index (χ1v) is 8.72. The first-order chi connectivity index (χ1) is 12.0. The Morgan fingerprint density at radius 3 is 2.48 bits per heavy atom. The normalized spacial score (nSPS) is 14.5. The van der Waals surface area contributed by atoms with Gasteiger partial charge in [0.2, 0.25) is 0 Å². The van der Waals surface area contributed by atoms with Crippen LogP contribution in [0.2, 0.25) is 5.02 Å². The molecule has 2 amide bonds. The molecule has 132 valence electrons. The van der Waals surface area contributed by atoms with Crippen LogP contribution in [0.3, 0.4) is 0 Å². The van der Waals surface area contributed by atoms with Crippen molar-refractivity contribution in [2.45, 2.75) is 13.5 Å². The number of nitrogens with zero attached hydrogens (tertiary/aromatic N) is 2. The van der Waals surface area contributed by atoms with Crippen molar-refractivity contribution in [2.24, 2.45) is 0 Å². The lowest BCUT2D eigenvalue weighted by atomic mass is 10.1. The molecule has 0 saturated carbocycles. The number of hydrogen-bond acceptors (Lipinski definition) is 3. The number of hydrogen-bond donors (Lipinski definition) is 2. The molecular formula is C19H22ClN3O2. The van der Waals surface area contributed by atoms with Crippen molar-refractivity contribution in [3.05, 3.63) is 58.6 Å². The Bertz CT molecular complexity index is 741. The summed E-state index contributed by atoms with van der Waals surface area (Å²) in [6.45, 7) is 5.44. The van der Waals surface area contributed by atoms with Gasteiger partial charge in [0.15, 0.2) is 0 Å². The van der Waals surface area contributed by atoms with E-state index in [1.807, 2.05) is 23.1 Å². The number of phenols is 1. The van der Waals surface area contributed by atoms with Gasteiger partial charge in [-0.1, -0.05) is 29.8 Å². The number of nitrogens with one attached hydrogen (secondary N) is 1. The Labute approximate surface area is 152 Å².